The second-order valence-electron chi connectivity index (χ2n) is 17.6. The van der Waals surface area contributed by atoms with E-state index in [-0.39, 0.29) is 0 Å². The van der Waals surface area contributed by atoms with Crippen molar-refractivity contribution in [3.8, 4) is 62.4 Å². The van der Waals surface area contributed by atoms with Crippen molar-refractivity contribution in [2.45, 2.75) is 0 Å². The van der Waals surface area contributed by atoms with Crippen molar-refractivity contribution in [3.05, 3.63) is 243 Å². The molecule has 4 heterocycles. The van der Waals surface area contributed by atoms with Crippen LogP contribution < -0.4 is 0 Å². The first-order valence-corrected chi connectivity index (χ1v) is 23.4. The molecule has 0 saturated heterocycles. The maximum atomic E-state index is 5.52. The van der Waals surface area contributed by atoms with Crippen molar-refractivity contribution >= 4 is 65.4 Å². The third-order valence-electron chi connectivity index (χ3n) is 13.7. The average Bonchev–Trinajstić information content (AvgIpc) is 4.08. The zero-order valence-corrected chi connectivity index (χ0v) is 37.3. The third-order valence-corrected chi connectivity index (χ3v) is 13.7. The van der Waals surface area contributed by atoms with Crippen LogP contribution in [0.15, 0.2) is 243 Å². The fraction of sp³-hybridized carbons (Fsp3) is 0. The van der Waals surface area contributed by atoms with Crippen LogP contribution in [-0.4, -0.2) is 28.7 Å². The van der Waals surface area contributed by atoms with Gasteiger partial charge in [-0.05, 0) is 64.7 Å². The molecule has 0 unspecified atom stereocenters. The molecule has 6 heteroatoms. The lowest BCUT2D eigenvalue weighted by molar-refractivity contribution is 0.953. The Hall–Kier alpha value is -9.39. The molecule has 322 valence electrons. The van der Waals surface area contributed by atoms with Gasteiger partial charge in [0, 0.05) is 49.1 Å². The van der Waals surface area contributed by atoms with Crippen LogP contribution in [0.1, 0.15) is 0 Å². The normalized spacial score (nSPS) is 11.8. The van der Waals surface area contributed by atoms with Crippen molar-refractivity contribution < 1.29 is 0 Å². The van der Waals surface area contributed by atoms with E-state index in [0.29, 0.717) is 17.6 Å². The molecule has 0 fully saturated rings. The van der Waals surface area contributed by atoms with Crippen LogP contribution in [0.4, 0.5) is 0 Å². The molecule has 10 aromatic carbocycles. The summed E-state index contributed by atoms with van der Waals surface area (Å²) in [7, 11) is 0. The Bertz CT molecular complexity index is 4110. The van der Waals surface area contributed by atoms with E-state index in [9.17, 15) is 0 Å². The average molecular weight is 881 g/mol. The molecule has 0 aliphatic rings. The summed E-state index contributed by atoms with van der Waals surface area (Å²) in [5, 5.41) is 6.91. The van der Waals surface area contributed by atoms with Gasteiger partial charge in [0.05, 0.1) is 38.8 Å². The second-order valence-corrected chi connectivity index (χ2v) is 17.6. The minimum Gasteiger partial charge on any atom is -0.309 e. The Morgan fingerprint density at radius 3 is 1.14 bits per heavy atom. The minimum atomic E-state index is 0.533. The van der Waals surface area contributed by atoms with Gasteiger partial charge in [-0.25, -0.2) is 4.98 Å². The fourth-order valence-corrected chi connectivity index (χ4v) is 10.6. The van der Waals surface area contributed by atoms with Gasteiger partial charge in [0.15, 0.2) is 11.6 Å². The molecule has 6 nitrogen and oxygen atoms in total. The maximum Gasteiger partial charge on any atom is 0.238 e. The quantitative estimate of drug-likeness (QED) is 0.160. The van der Waals surface area contributed by atoms with Gasteiger partial charge in [0.2, 0.25) is 5.95 Å². The summed E-state index contributed by atoms with van der Waals surface area (Å²) in [6.07, 6.45) is 0. The van der Waals surface area contributed by atoms with Crippen molar-refractivity contribution in [3.63, 3.8) is 0 Å². The zero-order valence-electron chi connectivity index (χ0n) is 37.3. The molecular weight excluding hydrogens is 841 g/mol. The molecule has 0 aliphatic heterocycles. The Labute approximate surface area is 397 Å². The summed E-state index contributed by atoms with van der Waals surface area (Å²) >= 11 is 0. The zero-order chi connectivity index (χ0) is 45.4. The van der Waals surface area contributed by atoms with Gasteiger partial charge in [-0.15, -0.1) is 0 Å². The molecule has 0 saturated carbocycles. The van der Waals surface area contributed by atoms with Crippen LogP contribution in [0.25, 0.3) is 128 Å². The molecule has 0 bridgehead atoms. The second kappa shape index (κ2) is 15.6. The molecule has 4 aromatic heterocycles. The predicted octanol–water partition coefficient (Wildman–Crippen LogP) is 15.8. The summed E-state index contributed by atoms with van der Waals surface area (Å²) in [4.78, 5) is 16.3. The van der Waals surface area contributed by atoms with E-state index in [1.54, 1.807) is 0 Å². The number of benzene rings is 10. The highest BCUT2D eigenvalue weighted by molar-refractivity contribution is 6.27. The van der Waals surface area contributed by atoms with E-state index in [2.05, 4.69) is 244 Å². The SMILES string of the molecule is c1ccc(-c2ccc(-c3nc(-c4ccc(-c5ccccc5)cc4)nc(-n4c5ccccc5c5c(-n6c7ccccc7c7ccccc76)cc6c7ccccc7n(-c7ccccc7)c6c54)n3)cc2)cc1. The highest BCUT2D eigenvalue weighted by atomic mass is 15.2. The van der Waals surface area contributed by atoms with E-state index >= 15 is 0 Å². The topological polar surface area (TPSA) is 53.5 Å². The lowest BCUT2D eigenvalue weighted by atomic mass is 10.0. The number of hydrogen-bond donors (Lipinski definition) is 0. The summed E-state index contributed by atoms with van der Waals surface area (Å²) in [5.74, 6) is 1.71. The molecule has 0 radical (unpaired) electrons. The molecule has 14 aromatic rings. The Morgan fingerprint density at radius 2 is 0.638 bits per heavy atom. The van der Waals surface area contributed by atoms with Crippen LogP contribution in [-0.2, 0) is 0 Å². The van der Waals surface area contributed by atoms with Gasteiger partial charge in [-0.3, -0.25) is 4.57 Å². The molecule has 14 rings (SSSR count). The van der Waals surface area contributed by atoms with Crippen LogP contribution in [0, 0.1) is 0 Å². The van der Waals surface area contributed by atoms with E-state index in [1.165, 1.54) is 10.8 Å². The first-order valence-electron chi connectivity index (χ1n) is 23.4. The summed E-state index contributed by atoms with van der Waals surface area (Å²) in [6, 6.07) is 86.2. The maximum absolute atomic E-state index is 5.52. The Kier molecular flexibility index (Phi) is 8.79. The first-order chi connectivity index (χ1) is 34.2. The number of nitrogens with zero attached hydrogens (tertiary/aromatic N) is 6. The molecule has 0 atom stereocenters. The largest absolute Gasteiger partial charge is 0.309 e. The van der Waals surface area contributed by atoms with Crippen LogP contribution in [0.3, 0.4) is 0 Å². The highest BCUT2D eigenvalue weighted by Gasteiger charge is 2.27. The van der Waals surface area contributed by atoms with E-state index in [4.69, 9.17) is 15.0 Å². The van der Waals surface area contributed by atoms with Gasteiger partial charge >= 0.3 is 0 Å². The number of fused-ring (bicyclic) bond motifs is 10. The molecule has 0 amide bonds. The monoisotopic (exact) mass is 880 g/mol. The van der Waals surface area contributed by atoms with Gasteiger partial charge in [0.1, 0.15) is 0 Å². The smallest absolute Gasteiger partial charge is 0.238 e. The molecule has 69 heavy (non-hydrogen) atoms. The van der Waals surface area contributed by atoms with Gasteiger partial charge in [0.25, 0.3) is 0 Å². The Morgan fingerprint density at radius 1 is 0.261 bits per heavy atom. The van der Waals surface area contributed by atoms with Crippen molar-refractivity contribution in [1.29, 1.82) is 0 Å². The number of rotatable bonds is 7. The lowest BCUT2D eigenvalue weighted by Gasteiger charge is -2.16. The van der Waals surface area contributed by atoms with Crippen LogP contribution in [0.5, 0.6) is 0 Å². The van der Waals surface area contributed by atoms with Crippen LogP contribution in [0.2, 0.25) is 0 Å². The van der Waals surface area contributed by atoms with Crippen LogP contribution >= 0.6 is 0 Å². The van der Waals surface area contributed by atoms with E-state index < -0.39 is 0 Å². The molecule has 0 aliphatic carbocycles. The van der Waals surface area contributed by atoms with Crippen molar-refractivity contribution in [1.82, 2.24) is 28.7 Å². The van der Waals surface area contributed by atoms with Crippen molar-refractivity contribution in [2.24, 2.45) is 0 Å². The summed E-state index contributed by atoms with van der Waals surface area (Å²) < 4.78 is 7.18. The standard InChI is InChI=1S/C63H40N6/c1-4-18-41(19-5-1)43-32-36-45(37-33-43)61-64-62(46-38-34-44(35-39-46)42-20-6-2-7-21-42)66-63(65-61)69-56-31-17-13-27-51(56)58-57(68-54-29-15-10-24-48(54)49-25-11-16-30-55(49)68)40-52-50-26-12-14-28-53(50)67(59(52)60(58)69)47-22-8-3-9-23-47/h1-40H. The van der Waals surface area contributed by atoms with E-state index in [1.807, 2.05) is 12.1 Å². The fourth-order valence-electron chi connectivity index (χ4n) is 10.6. The number of aromatic nitrogens is 6. The van der Waals surface area contributed by atoms with Gasteiger partial charge < -0.3 is 9.13 Å². The Balaban J connectivity index is 1.13. The minimum absolute atomic E-state index is 0.533. The van der Waals surface area contributed by atoms with Gasteiger partial charge in [-0.2, -0.15) is 9.97 Å². The van der Waals surface area contributed by atoms with Crippen molar-refractivity contribution in [2.75, 3.05) is 0 Å². The number of para-hydroxylation sites is 5. The highest BCUT2D eigenvalue weighted by Crippen LogP contribution is 2.46. The number of hydrogen-bond acceptors (Lipinski definition) is 3. The summed E-state index contributed by atoms with van der Waals surface area (Å²) in [6.45, 7) is 0. The third kappa shape index (κ3) is 6.16. The van der Waals surface area contributed by atoms with E-state index in [0.717, 1.165) is 99.4 Å². The lowest BCUT2D eigenvalue weighted by Crippen LogP contribution is -2.07. The van der Waals surface area contributed by atoms with Gasteiger partial charge in [-0.1, -0.05) is 200 Å². The molecule has 0 spiro atoms. The predicted molar refractivity (Wildman–Crippen MR) is 285 cm³/mol. The first kappa shape index (κ1) is 38.8. The molecule has 0 N–H and O–H groups in total. The molecular formula is C63H40N6. The summed E-state index contributed by atoms with van der Waals surface area (Å²) in [5.41, 5.74) is 15.0.